The van der Waals surface area contributed by atoms with Gasteiger partial charge in [-0.3, -0.25) is 4.79 Å². The van der Waals surface area contributed by atoms with Crippen LogP contribution in [0.3, 0.4) is 0 Å². The zero-order valence-electron chi connectivity index (χ0n) is 11.2. The molecule has 2 saturated carbocycles. The Kier molecular flexibility index (Phi) is 7.02. The molecule has 0 aliphatic heterocycles. The second kappa shape index (κ2) is 8.00. The Balaban J connectivity index is 0.00000162. The van der Waals surface area contributed by atoms with E-state index in [0.29, 0.717) is 18.5 Å². The maximum Gasteiger partial charge on any atom is 0.223 e. The number of rotatable bonds is 3. The zero-order valence-corrected chi connectivity index (χ0v) is 12.0. The molecular formula is C14H27ClN2O. The van der Waals surface area contributed by atoms with E-state index in [0.717, 1.165) is 12.8 Å². The summed E-state index contributed by atoms with van der Waals surface area (Å²) in [5.74, 6) is 0.911. The van der Waals surface area contributed by atoms with Gasteiger partial charge in [0.05, 0.1) is 0 Å². The third kappa shape index (κ3) is 4.13. The number of hydrogen-bond acceptors (Lipinski definition) is 2. The lowest BCUT2D eigenvalue weighted by Crippen LogP contribution is -2.40. The standard InChI is InChI=1S/C14H26N2O.ClH/c15-10-11-6-5-9-13(11)14(17)16-12-7-3-1-2-4-8-12;/h11-13H,1-10,15H2,(H,16,17);1H/t11-,13-;/m1./s1. The van der Waals surface area contributed by atoms with Gasteiger partial charge in [-0.2, -0.15) is 0 Å². The van der Waals surface area contributed by atoms with Crippen molar-refractivity contribution in [2.75, 3.05) is 6.54 Å². The van der Waals surface area contributed by atoms with Gasteiger partial charge in [0.15, 0.2) is 0 Å². The summed E-state index contributed by atoms with van der Waals surface area (Å²) in [5.41, 5.74) is 5.74. The van der Waals surface area contributed by atoms with Gasteiger partial charge in [0.1, 0.15) is 0 Å². The van der Waals surface area contributed by atoms with E-state index in [1.165, 1.54) is 44.9 Å². The average molecular weight is 275 g/mol. The number of nitrogens with one attached hydrogen (secondary N) is 1. The number of carbonyl (C=O) groups is 1. The third-order valence-electron chi connectivity index (χ3n) is 4.50. The van der Waals surface area contributed by atoms with Gasteiger partial charge in [0.2, 0.25) is 5.91 Å². The van der Waals surface area contributed by atoms with Crippen LogP contribution in [0.15, 0.2) is 0 Å². The third-order valence-corrected chi connectivity index (χ3v) is 4.50. The van der Waals surface area contributed by atoms with Gasteiger partial charge in [0.25, 0.3) is 0 Å². The lowest BCUT2D eigenvalue weighted by molar-refractivity contribution is -0.126. The normalized spacial score (nSPS) is 29.4. The maximum atomic E-state index is 12.2. The van der Waals surface area contributed by atoms with Gasteiger partial charge >= 0.3 is 0 Å². The van der Waals surface area contributed by atoms with Crippen LogP contribution in [0, 0.1) is 11.8 Å². The van der Waals surface area contributed by atoms with E-state index >= 15 is 0 Å². The van der Waals surface area contributed by atoms with E-state index in [9.17, 15) is 4.79 Å². The molecule has 2 fully saturated rings. The number of amides is 1. The molecule has 0 aromatic heterocycles. The van der Waals surface area contributed by atoms with Crippen molar-refractivity contribution in [3.63, 3.8) is 0 Å². The van der Waals surface area contributed by atoms with Crippen molar-refractivity contribution in [2.45, 2.75) is 63.8 Å². The minimum Gasteiger partial charge on any atom is -0.353 e. The molecule has 2 aliphatic carbocycles. The van der Waals surface area contributed by atoms with Crippen LogP contribution in [0.4, 0.5) is 0 Å². The first-order chi connectivity index (χ1) is 8.31. The highest BCUT2D eigenvalue weighted by atomic mass is 35.5. The van der Waals surface area contributed by atoms with E-state index in [1.54, 1.807) is 0 Å². The Morgan fingerprint density at radius 3 is 2.28 bits per heavy atom. The first-order valence-corrected chi connectivity index (χ1v) is 7.31. The largest absolute Gasteiger partial charge is 0.353 e. The summed E-state index contributed by atoms with van der Waals surface area (Å²) in [6.07, 6.45) is 10.9. The Hall–Kier alpha value is -0.280. The molecule has 2 aliphatic rings. The van der Waals surface area contributed by atoms with Gasteiger partial charge in [0, 0.05) is 12.0 Å². The van der Waals surface area contributed by atoms with Crippen molar-refractivity contribution in [1.82, 2.24) is 5.32 Å². The highest BCUT2D eigenvalue weighted by Gasteiger charge is 2.32. The van der Waals surface area contributed by atoms with Crippen LogP contribution in [0.1, 0.15) is 57.8 Å². The van der Waals surface area contributed by atoms with Crippen molar-refractivity contribution in [3.05, 3.63) is 0 Å². The molecule has 3 nitrogen and oxygen atoms in total. The minimum absolute atomic E-state index is 0. The van der Waals surface area contributed by atoms with Crippen molar-refractivity contribution in [1.29, 1.82) is 0 Å². The first kappa shape index (κ1) is 15.8. The maximum absolute atomic E-state index is 12.2. The fourth-order valence-corrected chi connectivity index (χ4v) is 3.40. The van der Waals surface area contributed by atoms with Crippen molar-refractivity contribution in [3.8, 4) is 0 Å². The fraction of sp³-hybridized carbons (Fsp3) is 0.929. The summed E-state index contributed by atoms with van der Waals surface area (Å²) in [6.45, 7) is 0.669. The van der Waals surface area contributed by atoms with E-state index in [1.807, 2.05) is 0 Å². The Morgan fingerprint density at radius 1 is 1.00 bits per heavy atom. The topological polar surface area (TPSA) is 55.1 Å². The number of halogens is 1. The lowest BCUT2D eigenvalue weighted by atomic mass is 9.94. The van der Waals surface area contributed by atoms with Crippen molar-refractivity contribution in [2.24, 2.45) is 17.6 Å². The van der Waals surface area contributed by atoms with Crippen LogP contribution in [0.25, 0.3) is 0 Å². The molecule has 0 spiro atoms. The first-order valence-electron chi connectivity index (χ1n) is 7.31. The molecule has 18 heavy (non-hydrogen) atoms. The second-order valence-electron chi connectivity index (χ2n) is 5.73. The van der Waals surface area contributed by atoms with E-state index < -0.39 is 0 Å². The molecule has 2 rings (SSSR count). The van der Waals surface area contributed by atoms with E-state index in [-0.39, 0.29) is 24.2 Å². The number of hydrogen-bond donors (Lipinski definition) is 2. The van der Waals surface area contributed by atoms with Crippen LogP contribution in [0.2, 0.25) is 0 Å². The van der Waals surface area contributed by atoms with Crippen molar-refractivity contribution < 1.29 is 4.79 Å². The molecule has 106 valence electrons. The molecule has 0 heterocycles. The van der Waals surface area contributed by atoms with Gasteiger partial charge in [-0.15, -0.1) is 12.4 Å². The van der Waals surface area contributed by atoms with Crippen molar-refractivity contribution >= 4 is 18.3 Å². The quantitative estimate of drug-likeness (QED) is 0.778. The highest BCUT2D eigenvalue weighted by Crippen LogP contribution is 2.31. The van der Waals surface area contributed by atoms with Gasteiger partial charge in [-0.1, -0.05) is 32.1 Å². The number of carbonyl (C=O) groups excluding carboxylic acids is 1. The van der Waals surface area contributed by atoms with E-state index in [2.05, 4.69) is 5.32 Å². The SMILES string of the molecule is Cl.NC[C@H]1CCC[C@H]1C(=O)NC1CCCCCC1. The Labute approximate surface area is 117 Å². The summed E-state index contributed by atoms with van der Waals surface area (Å²) in [6, 6.07) is 0.434. The summed E-state index contributed by atoms with van der Waals surface area (Å²) < 4.78 is 0. The Morgan fingerprint density at radius 2 is 1.67 bits per heavy atom. The molecule has 3 N–H and O–H groups in total. The summed E-state index contributed by atoms with van der Waals surface area (Å²) in [7, 11) is 0. The molecule has 0 bridgehead atoms. The second-order valence-corrected chi connectivity index (χ2v) is 5.73. The molecule has 0 aromatic carbocycles. The predicted molar refractivity (Wildman–Crippen MR) is 76.8 cm³/mol. The van der Waals surface area contributed by atoms with Gasteiger partial charge in [-0.05, 0) is 38.1 Å². The van der Waals surface area contributed by atoms with Crippen LogP contribution in [-0.2, 0) is 4.79 Å². The van der Waals surface area contributed by atoms with Crippen LogP contribution in [0.5, 0.6) is 0 Å². The lowest BCUT2D eigenvalue weighted by Gasteiger charge is -2.22. The molecular weight excluding hydrogens is 248 g/mol. The summed E-state index contributed by atoms with van der Waals surface area (Å²) in [5, 5.41) is 3.27. The minimum atomic E-state index is 0. The number of nitrogens with two attached hydrogens (primary N) is 1. The highest BCUT2D eigenvalue weighted by molar-refractivity contribution is 5.85. The molecule has 4 heteroatoms. The van der Waals surface area contributed by atoms with E-state index in [4.69, 9.17) is 5.73 Å². The average Bonchev–Trinajstić information content (AvgIpc) is 2.68. The monoisotopic (exact) mass is 274 g/mol. The molecule has 2 atom stereocenters. The van der Waals surface area contributed by atoms with Gasteiger partial charge in [-0.25, -0.2) is 0 Å². The molecule has 0 aromatic rings. The smallest absolute Gasteiger partial charge is 0.223 e. The summed E-state index contributed by atoms with van der Waals surface area (Å²) in [4.78, 5) is 12.2. The fourth-order valence-electron chi connectivity index (χ4n) is 3.40. The van der Waals surface area contributed by atoms with Crippen LogP contribution < -0.4 is 11.1 Å². The van der Waals surface area contributed by atoms with Gasteiger partial charge < -0.3 is 11.1 Å². The molecule has 0 radical (unpaired) electrons. The summed E-state index contributed by atoms with van der Waals surface area (Å²) >= 11 is 0. The molecule has 0 saturated heterocycles. The van der Waals surface area contributed by atoms with Crippen LogP contribution >= 0.6 is 12.4 Å². The predicted octanol–water partition coefficient (Wildman–Crippen LogP) is 2.62. The Bertz CT molecular complexity index is 252. The van der Waals surface area contributed by atoms with Crippen LogP contribution in [-0.4, -0.2) is 18.5 Å². The molecule has 1 amide bonds. The molecule has 0 unspecified atom stereocenters. The zero-order chi connectivity index (χ0) is 12.1.